The summed E-state index contributed by atoms with van der Waals surface area (Å²) in [6.07, 6.45) is 4.86. The molecule has 8 nitrogen and oxygen atoms in total. The second-order valence-electron chi connectivity index (χ2n) is 8.19. The Hall–Kier alpha value is -3.91. The molecule has 2 aromatic carbocycles. The zero-order valence-electron chi connectivity index (χ0n) is 18.4. The van der Waals surface area contributed by atoms with E-state index in [4.69, 9.17) is 15.5 Å². The number of aromatic nitrogens is 3. The molecule has 4 N–H and O–H groups in total. The Kier molecular flexibility index (Phi) is 5.66. The molecule has 2 aromatic heterocycles. The summed E-state index contributed by atoms with van der Waals surface area (Å²) in [7, 11) is 1.63. The van der Waals surface area contributed by atoms with Gasteiger partial charge in [0.1, 0.15) is 5.75 Å². The van der Waals surface area contributed by atoms with Gasteiger partial charge in [-0.1, -0.05) is 24.3 Å². The molecule has 1 amide bonds. The predicted molar refractivity (Wildman–Crippen MR) is 127 cm³/mol. The molecule has 8 heteroatoms. The van der Waals surface area contributed by atoms with Gasteiger partial charge in [0.25, 0.3) is 5.91 Å². The first kappa shape index (κ1) is 21.0. The molecule has 0 aliphatic carbocycles. The van der Waals surface area contributed by atoms with Crippen molar-refractivity contribution < 1.29 is 9.53 Å². The van der Waals surface area contributed by atoms with Crippen molar-refractivity contribution >= 4 is 17.4 Å². The molecule has 1 unspecified atom stereocenters. The van der Waals surface area contributed by atoms with Crippen molar-refractivity contribution in [3.8, 4) is 17.0 Å². The number of rotatable bonds is 6. The van der Waals surface area contributed by atoms with Crippen molar-refractivity contribution in [1.82, 2.24) is 25.0 Å². The number of amides is 1. The number of nitrogens with one attached hydrogen (secondary N) is 2. The molecule has 168 valence electrons. The van der Waals surface area contributed by atoms with Crippen molar-refractivity contribution in [1.29, 1.82) is 0 Å². The van der Waals surface area contributed by atoms with Gasteiger partial charge in [0.15, 0.2) is 11.5 Å². The van der Waals surface area contributed by atoms with Crippen LogP contribution < -0.4 is 21.1 Å². The number of fused-ring (bicyclic) bond motifs is 1. The zero-order valence-corrected chi connectivity index (χ0v) is 18.4. The van der Waals surface area contributed by atoms with E-state index in [2.05, 4.69) is 21.8 Å². The van der Waals surface area contributed by atoms with Gasteiger partial charge in [-0.3, -0.25) is 9.20 Å². The van der Waals surface area contributed by atoms with E-state index in [0.717, 1.165) is 47.8 Å². The van der Waals surface area contributed by atoms with Crippen LogP contribution in [0.2, 0.25) is 0 Å². The van der Waals surface area contributed by atoms with E-state index < -0.39 is 0 Å². The lowest BCUT2D eigenvalue weighted by Gasteiger charge is -2.09. The van der Waals surface area contributed by atoms with Crippen molar-refractivity contribution in [3.05, 3.63) is 77.7 Å². The standard InChI is InChI=1S/C25H26N6O2/c1-33-20-8-2-16(3-9-20)12-29-25(32)18-6-4-17(5-7-18)22-14-28-23(26)24-30-21(15-31(22)24)19-10-11-27-13-19/h2-9,14-15,19,27H,10-13H2,1H3,(H2,26,28)(H,29,32). The van der Waals surface area contributed by atoms with Gasteiger partial charge >= 0.3 is 0 Å². The first-order valence-corrected chi connectivity index (χ1v) is 11.0. The monoisotopic (exact) mass is 442 g/mol. The van der Waals surface area contributed by atoms with Gasteiger partial charge in [0, 0.05) is 36.3 Å². The average molecular weight is 443 g/mol. The Morgan fingerprint density at radius 3 is 2.70 bits per heavy atom. The van der Waals surface area contributed by atoms with E-state index in [1.54, 1.807) is 13.3 Å². The number of nitrogen functional groups attached to an aromatic ring is 1. The first-order valence-electron chi connectivity index (χ1n) is 11.0. The largest absolute Gasteiger partial charge is 0.497 e. The van der Waals surface area contributed by atoms with Gasteiger partial charge < -0.3 is 21.1 Å². The van der Waals surface area contributed by atoms with E-state index >= 15 is 0 Å². The van der Waals surface area contributed by atoms with Crippen LogP contribution in [0.1, 0.15) is 34.0 Å². The molecular formula is C25H26N6O2. The van der Waals surface area contributed by atoms with Crippen LogP contribution in [-0.2, 0) is 6.54 Å². The highest BCUT2D eigenvalue weighted by molar-refractivity contribution is 5.94. The molecule has 0 saturated carbocycles. The maximum Gasteiger partial charge on any atom is 0.251 e. The fourth-order valence-electron chi connectivity index (χ4n) is 4.15. The summed E-state index contributed by atoms with van der Waals surface area (Å²) in [4.78, 5) is 21.7. The number of nitrogens with zero attached hydrogens (tertiary/aromatic N) is 3. The number of ether oxygens (including phenoxy) is 1. The Balaban J connectivity index is 1.34. The number of benzene rings is 2. The van der Waals surface area contributed by atoms with E-state index in [1.807, 2.05) is 52.9 Å². The fourth-order valence-corrected chi connectivity index (χ4v) is 4.15. The lowest BCUT2D eigenvalue weighted by atomic mass is 10.1. The second kappa shape index (κ2) is 8.91. The first-order chi connectivity index (χ1) is 16.1. The fraction of sp³-hybridized carbons (Fsp3) is 0.240. The summed E-state index contributed by atoms with van der Waals surface area (Å²) in [5.41, 5.74) is 11.2. The summed E-state index contributed by atoms with van der Waals surface area (Å²) in [5, 5.41) is 6.33. The molecule has 1 saturated heterocycles. The number of carbonyl (C=O) groups is 1. The zero-order chi connectivity index (χ0) is 22.8. The number of hydrogen-bond donors (Lipinski definition) is 3. The van der Waals surface area contributed by atoms with Gasteiger partial charge in [-0.25, -0.2) is 9.97 Å². The van der Waals surface area contributed by atoms with Gasteiger partial charge in [-0.05, 0) is 42.8 Å². The Bertz CT molecular complexity index is 1280. The summed E-state index contributed by atoms with van der Waals surface area (Å²) >= 11 is 0. The van der Waals surface area contributed by atoms with Gasteiger partial charge in [0.05, 0.1) is 24.7 Å². The quantitative estimate of drug-likeness (QED) is 0.424. The summed E-state index contributed by atoms with van der Waals surface area (Å²) < 4.78 is 7.16. The maximum atomic E-state index is 12.6. The van der Waals surface area contributed by atoms with Crippen molar-refractivity contribution in [2.45, 2.75) is 18.9 Å². The Morgan fingerprint density at radius 2 is 2.00 bits per heavy atom. The second-order valence-corrected chi connectivity index (χ2v) is 8.19. The minimum atomic E-state index is -0.128. The molecule has 33 heavy (non-hydrogen) atoms. The maximum absolute atomic E-state index is 12.6. The van der Waals surface area contributed by atoms with Crippen LogP contribution in [0.5, 0.6) is 5.75 Å². The normalized spacial score (nSPS) is 15.6. The highest BCUT2D eigenvalue weighted by Crippen LogP contribution is 2.27. The molecule has 1 fully saturated rings. The van der Waals surface area contributed by atoms with E-state index in [-0.39, 0.29) is 5.91 Å². The summed E-state index contributed by atoms with van der Waals surface area (Å²) in [6, 6.07) is 15.1. The highest BCUT2D eigenvalue weighted by Gasteiger charge is 2.21. The molecular weight excluding hydrogens is 416 g/mol. The molecule has 3 heterocycles. The molecule has 0 bridgehead atoms. The Morgan fingerprint density at radius 1 is 1.21 bits per heavy atom. The number of anilines is 1. The van der Waals surface area contributed by atoms with Crippen molar-refractivity contribution in [2.24, 2.45) is 0 Å². The van der Waals surface area contributed by atoms with Crippen LogP contribution in [0.15, 0.2) is 60.9 Å². The molecule has 1 aliphatic heterocycles. The van der Waals surface area contributed by atoms with Gasteiger partial charge in [-0.2, -0.15) is 0 Å². The predicted octanol–water partition coefficient (Wildman–Crippen LogP) is 2.99. The number of nitrogens with two attached hydrogens (primary N) is 1. The van der Waals surface area contributed by atoms with Gasteiger partial charge in [-0.15, -0.1) is 0 Å². The van der Waals surface area contributed by atoms with Crippen LogP contribution in [0.3, 0.4) is 0 Å². The van der Waals surface area contributed by atoms with E-state index in [0.29, 0.717) is 29.5 Å². The van der Waals surface area contributed by atoms with Crippen LogP contribution >= 0.6 is 0 Å². The Labute approximate surface area is 191 Å². The lowest BCUT2D eigenvalue weighted by Crippen LogP contribution is -2.22. The average Bonchev–Trinajstić information content (AvgIpc) is 3.54. The van der Waals surface area contributed by atoms with Crippen LogP contribution in [0, 0.1) is 0 Å². The van der Waals surface area contributed by atoms with Crippen LogP contribution in [0.25, 0.3) is 16.9 Å². The number of imidazole rings is 1. The summed E-state index contributed by atoms with van der Waals surface area (Å²) in [6.45, 7) is 2.37. The number of hydrogen-bond acceptors (Lipinski definition) is 6. The topological polar surface area (TPSA) is 107 Å². The smallest absolute Gasteiger partial charge is 0.251 e. The van der Waals surface area contributed by atoms with E-state index in [9.17, 15) is 4.79 Å². The lowest BCUT2D eigenvalue weighted by molar-refractivity contribution is 0.0951. The molecule has 4 aromatic rings. The number of carbonyl (C=O) groups excluding carboxylic acids is 1. The third-order valence-electron chi connectivity index (χ3n) is 6.07. The molecule has 0 radical (unpaired) electrons. The molecule has 5 rings (SSSR count). The van der Waals surface area contributed by atoms with Crippen molar-refractivity contribution in [2.75, 3.05) is 25.9 Å². The SMILES string of the molecule is COc1ccc(CNC(=O)c2ccc(-c3cnc(N)c4nc(C5CCNC5)cn34)cc2)cc1. The number of methoxy groups -OCH3 is 1. The molecule has 1 aliphatic rings. The summed E-state index contributed by atoms with van der Waals surface area (Å²) in [5.74, 6) is 1.45. The van der Waals surface area contributed by atoms with Crippen LogP contribution in [-0.4, -0.2) is 40.5 Å². The minimum Gasteiger partial charge on any atom is -0.497 e. The van der Waals surface area contributed by atoms with Crippen molar-refractivity contribution in [3.63, 3.8) is 0 Å². The molecule has 0 spiro atoms. The third kappa shape index (κ3) is 4.25. The van der Waals surface area contributed by atoms with E-state index in [1.165, 1.54) is 0 Å². The minimum absolute atomic E-state index is 0.128. The highest BCUT2D eigenvalue weighted by atomic mass is 16.5. The third-order valence-corrected chi connectivity index (χ3v) is 6.07. The molecule has 1 atom stereocenters. The van der Waals surface area contributed by atoms with Crippen LogP contribution in [0.4, 0.5) is 5.82 Å². The van der Waals surface area contributed by atoms with Gasteiger partial charge in [0.2, 0.25) is 0 Å².